The minimum absolute atomic E-state index is 0.00648. The van der Waals surface area contributed by atoms with Crippen molar-refractivity contribution in [2.45, 2.75) is 19.4 Å². The second-order valence-electron chi connectivity index (χ2n) is 7.61. The van der Waals surface area contributed by atoms with Crippen molar-refractivity contribution < 1.29 is 19.5 Å². The molecule has 1 aliphatic heterocycles. The van der Waals surface area contributed by atoms with Crippen LogP contribution in [-0.2, 0) is 16.1 Å². The third kappa shape index (κ3) is 4.07. The van der Waals surface area contributed by atoms with E-state index in [2.05, 4.69) is 0 Å². The number of hydrogen-bond acceptors (Lipinski definition) is 8. The van der Waals surface area contributed by atoms with Gasteiger partial charge in [0.05, 0.1) is 30.8 Å². The van der Waals surface area contributed by atoms with Gasteiger partial charge in [-0.3, -0.25) is 10.0 Å². The summed E-state index contributed by atoms with van der Waals surface area (Å²) < 4.78 is 12.2. The fraction of sp³-hybridized carbons (Fsp3) is 0.167. The molecule has 0 amide bonds. The third-order valence-electron chi connectivity index (χ3n) is 5.61. The summed E-state index contributed by atoms with van der Waals surface area (Å²) in [6, 6.07) is 17.0. The quantitative estimate of drug-likeness (QED) is 0.450. The molecule has 170 valence electrons. The number of ether oxygens (including phenoxy) is 2. The van der Waals surface area contributed by atoms with Gasteiger partial charge in [0, 0.05) is 11.8 Å². The average Bonchev–Trinajstić information content (AvgIpc) is 2.81. The molecule has 1 unspecified atom stereocenters. The van der Waals surface area contributed by atoms with Crippen molar-refractivity contribution in [3.05, 3.63) is 110 Å². The molecule has 4 rings (SSSR count). The van der Waals surface area contributed by atoms with E-state index in [4.69, 9.17) is 20.4 Å². The minimum Gasteiger partial charge on any atom is -0.733 e. The van der Waals surface area contributed by atoms with Gasteiger partial charge in [0.2, 0.25) is 5.88 Å². The molecule has 0 saturated heterocycles. The Morgan fingerprint density at radius 2 is 1.88 bits per heavy atom. The number of anilines is 1. The third-order valence-corrected chi connectivity index (χ3v) is 5.61. The molecule has 0 radical (unpaired) electrons. The number of benzene rings is 2. The van der Waals surface area contributed by atoms with Gasteiger partial charge in [-0.2, -0.15) is 0 Å². The Bertz CT molecular complexity index is 1280. The van der Waals surface area contributed by atoms with Gasteiger partial charge in [0.15, 0.2) is 0 Å². The number of nitrogens with zero attached hydrogens (tertiary/aromatic N) is 2. The average molecular weight is 448 g/mol. The Hall–Kier alpha value is -4.08. The van der Waals surface area contributed by atoms with Crippen LogP contribution in [0.25, 0.3) is 0 Å². The molecule has 2 aromatic carbocycles. The van der Waals surface area contributed by atoms with Crippen LogP contribution in [0, 0.1) is 12.1 Å². The van der Waals surface area contributed by atoms with E-state index in [1.54, 1.807) is 17.6 Å². The lowest BCUT2D eigenvalue weighted by atomic mass is 9.83. The molecule has 33 heavy (non-hydrogen) atoms. The van der Waals surface area contributed by atoms with Gasteiger partial charge in [0.25, 0.3) is 5.56 Å². The van der Waals surface area contributed by atoms with Gasteiger partial charge in [0.1, 0.15) is 11.3 Å². The van der Waals surface area contributed by atoms with Crippen LogP contribution in [0.15, 0.2) is 76.9 Å². The van der Waals surface area contributed by atoms with Crippen molar-refractivity contribution >= 4 is 11.7 Å². The number of nitrogens with two attached hydrogens (primary N) is 1. The summed E-state index contributed by atoms with van der Waals surface area (Å²) in [5.74, 6) is -1.57. The number of methoxy groups -OCH3 is 1. The highest BCUT2D eigenvalue weighted by molar-refractivity contribution is 5.92. The standard InChI is InChI=1S/C24H22N3O6/c1-14-12-18-20(23(28)26(14)13-15-6-4-3-5-7-15)19(21(22(25)33-18)24(29)32-2)16-8-10-17(11-9-16)27(30)31/h3-12,19,30H,13,25H2,1-2H3/q-1. The smallest absolute Gasteiger partial charge is 0.340 e. The van der Waals surface area contributed by atoms with Crippen LogP contribution < -0.4 is 21.3 Å². The predicted octanol–water partition coefficient (Wildman–Crippen LogP) is 2.77. The molecular weight excluding hydrogens is 426 g/mol. The Morgan fingerprint density at radius 1 is 1.21 bits per heavy atom. The minimum atomic E-state index is -0.899. The first-order chi connectivity index (χ1) is 15.8. The van der Waals surface area contributed by atoms with E-state index in [-0.39, 0.29) is 39.2 Å². The van der Waals surface area contributed by atoms with Gasteiger partial charge >= 0.3 is 5.97 Å². The highest BCUT2D eigenvalue weighted by Crippen LogP contribution is 2.41. The van der Waals surface area contributed by atoms with Crippen molar-refractivity contribution in [3.8, 4) is 5.75 Å². The molecular formula is C24H22N3O6-. The molecule has 2 heterocycles. The number of aryl methyl sites for hydroxylation is 1. The fourth-order valence-electron chi connectivity index (χ4n) is 3.99. The summed E-state index contributed by atoms with van der Waals surface area (Å²) in [5, 5.41) is 20.1. The van der Waals surface area contributed by atoms with Crippen molar-refractivity contribution in [1.29, 1.82) is 0 Å². The van der Waals surface area contributed by atoms with Crippen LogP contribution in [0.3, 0.4) is 0 Å². The molecule has 3 N–H and O–H groups in total. The lowest BCUT2D eigenvalue weighted by molar-refractivity contribution is -0.136. The Balaban J connectivity index is 1.92. The van der Waals surface area contributed by atoms with Crippen molar-refractivity contribution in [3.63, 3.8) is 0 Å². The molecule has 3 aromatic rings. The monoisotopic (exact) mass is 448 g/mol. The fourth-order valence-corrected chi connectivity index (χ4v) is 3.99. The molecule has 9 nitrogen and oxygen atoms in total. The maximum Gasteiger partial charge on any atom is 0.340 e. The Labute approximate surface area is 189 Å². The highest BCUT2D eigenvalue weighted by atomic mass is 16.8. The number of esters is 1. The molecule has 0 fully saturated rings. The van der Waals surface area contributed by atoms with E-state index in [1.807, 2.05) is 30.3 Å². The topological polar surface area (TPSA) is 130 Å². The molecule has 0 spiro atoms. The van der Waals surface area contributed by atoms with E-state index in [0.29, 0.717) is 17.8 Å². The van der Waals surface area contributed by atoms with Crippen LogP contribution >= 0.6 is 0 Å². The number of pyridine rings is 1. The van der Waals surface area contributed by atoms with Crippen molar-refractivity contribution in [2.24, 2.45) is 5.73 Å². The number of carbonyl (C=O) groups excluding carboxylic acids is 1. The summed E-state index contributed by atoms with van der Waals surface area (Å²) in [6.07, 6.45) is 0. The summed E-state index contributed by atoms with van der Waals surface area (Å²) in [4.78, 5) is 26.4. The molecule has 0 aliphatic carbocycles. The number of aromatic nitrogens is 1. The van der Waals surface area contributed by atoms with Gasteiger partial charge in [-0.15, -0.1) is 0 Å². The van der Waals surface area contributed by atoms with Crippen molar-refractivity contribution in [2.75, 3.05) is 12.3 Å². The largest absolute Gasteiger partial charge is 0.733 e. The number of carbonyl (C=O) groups is 1. The molecule has 1 aromatic heterocycles. The zero-order chi connectivity index (χ0) is 23.7. The van der Waals surface area contributed by atoms with Gasteiger partial charge in [-0.1, -0.05) is 42.5 Å². The summed E-state index contributed by atoms with van der Waals surface area (Å²) in [5.41, 5.74) is 8.03. The summed E-state index contributed by atoms with van der Waals surface area (Å²) >= 11 is 0. The maximum atomic E-state index is 13.7. The van der Waals surface area contributed by atoms with E-state index in [1.165, 1.54) is 31.4 Å². The molecule has 1 aliphatic rings. The lowest BCUT2D eigenvalue weighted by Crippen LogP contribution is -2.35. The van der Waals surface area contributed by atoms with Crippen LogP contribution in [0.2, 0.25) is 0 Å². The second kappa shape index (κ2) is 8.81. The molecule has 0 saturated carbocycles. The van der Waals surface area contributed by atoms with Crippen LogP contribution in [-0.4, -0.2) is 22.9 Å². The first kappa shape index (κ1) is 22.1. The second-order valence-corrected chi connectivity index (χ2v) is 7.61. The van der Waals surface area contributed by atoms with Gasteiger partial charge in [-0.05, 0) is 30.2 Å². The zero-order valence-electron chi connectivity index (χ0n) is 18.0. The normalized spacial score (nSPS) is 15.0. The SMILES string of the molecule is COC(=O)C1=C(N)Oc2cc(C)n(Cc3ccccc3)c(=O)c2C1c1ccc(N([O-])O)cc1. The van der Waals surface area contributed by atoms with E-state index in [9.17, 15) is 14.8 Å². The van der Waals surface area contributed by atoms with Crippen molar-refractivity contribution in [1.82, 2.24) is 4.57 Å². The van der Waals surface area contributed by atoms with E-state index < -0.39 is 11.9 Å². The zero-order valence-corrected chi connectivity index (χ0v) is 18.0. The summed E-state index contributed by atoms with van der Waals surface area (Å²) in [6.45, 7) is 2.12. The first-order valence-electron chi connectivity index (χ1n) is 10.1. The highest BCUT2D eigenvalue weighted by Gasteiger charge is 2.38. The Morgan fingerprint density at radius 3 is 2.48 bits per heavy atom. The summed E-state index contributed by atoms with van der Waals surface area (Å²) in [7, 11) is 1.21. The number of fused-ring (bicyclic) bond motifs is 1. The van der Waals surface area contributed by atoms with Crippen LogP contribution in [0.1, 0.15) is 28.3 Å². The maximum absolute atomic E-state index is 13.7. The predicted molar refractivity (Wildman–Crippen MR) is 121 cm³/mol. The molecule has 0 bridgehead atoms. The van der Waals surface area contributed by atoms with Crippen LogP contribution in [0.4, 0.5) is 5.69 Å². The van der Waals surface area contributed by atoms with Gasteiger partial charge < -0.3 is 30.2 Å². The lowest BCUT2D eigenvalue weighted by Gasteiger charge is -2.29. The Kier molecular flexibility index (Phi) is 5.91. The van der Waals surface area contributed by atoms with Crippen LogP contribution in [0.5, 0.6) is 5.75 Å². The number of rotatable bonds is 5. The number of hydrogen-bond donors (Lipinski definition) is 2. The van der Waals surface area contributed by atoms with Gasteiger partial charge in [-0.25, -0.2) is 4.79 Å². The first-order valence-corrected chi connectivity index (χ1v) is 10.1. The molecule has 1 atom stereocenters. The van der Waals surface area contributed by atoms with E-state index in [0.717, 1.165) is 5.56 Å². The molecule has 9 heteroatoms. The van der Waals surface area contributed by atoms with E-state index >= 15 is 0 Å².